The molecule has 3 N–H and O–H groups in total. The highest BCUT2D eigenvalue weighted by atomic mass is 19.1. The molecule has 1 aliphatic heterocycles. The van der Waals surface area contributed by atoms with Crippen LogP contribution in [0.2, 0.25) is 0 Å². The molecule has 2 aromatic rings. The van der Waals surface area contributed by atoms with Gasteiger partial charge in [0.2, 0.25) is 0 Å². The van der Waals surface area contributed by atoms with Crippen LogP contribution in [0.3, 0.4) is 0 Å². The van der Waals surface area contributed by atoms with E-state index in [0.29, 0.717) is 5.92 Å². The van der Waals surface area contributed by atoms with Crippen molar-refractivity contribution in [2.75, 3.05) is 18.5 Å². The van der Waals surface area contributed by atoms with Crippen molar-refractivity contribution < 1.29 is 23.1 Å². The average Bonchev–Trinajstić information content (AvgIpc) is 3.24. The molecule has 2 heterocycles. The lowest BCUT2D eigenvalue weighted by Crippen LogP contribution is -2.38. The molecule has 0 radical (unpaired) electrons. The first kappa shape index (κ1) is 22.4. The van der Waals surface area contributed by atoms with Crippen LogP contribution in [0.5, 0.6) is 0 Å². The van der Waals surface area contributed by atoms with Gasteiger partial charge in [0.15, 0.2) is 0 Å². The number of benzene rings is 1. The molecule has 1 saturated heterocycles. The summed E-state index contributed by atoms with van der Waals surface area (Å²) < 4.78 is 33.2. The number of rotatable bonds is 6. The zero-order chi connectivity index (χ0) is 22.5. The fourth-order valence-corrected chi connectivity index (χ4v) is 4.71. The fraction of sp³-hybridized carbons (Fsp3) is 0.522. The minimum Gasteiger partial charge on any atom is -0.381 e. The largest absolute Gasteiger partial charge is 0.381 e. The van der Waals surface area contributed by atoms with Gasteiger partial charge in [0.05, 0.1) is 11.9 Å². The predicted molar refractivity (Wildman–Crippen MR) is 114 cm³/mol. The quantitative estimate of drug-likeness (QED) is 0.624. The summed E-state index contributed by atoms with van der Waals surface area (Å²) in [5.74, 6) is -1.91. The van der Waals surface area contributed by atoms with Gasteiger partial charge in [-0.2, -0.15) is 5.10 Å². The molecular weight excluding hydrogens is 418 g/mol. The van der Waals surface area contributed by atoms with E-state index >= 15 is 0 Å². The highest BCUT2D eigenvalue weighted by molar-refractivity contribution is 6.08. The lowest BCUT2D eigenvalue weighted by molar-refractivity contribution is 0.0552. The third kappa shape index (κ3) is 5.32. The Kier molecular flexibility index (Phi) is 7.14. The van der Waals surface area contributed by atoms with Crippen LogP contribution < -0.4 is 10.6 Å². The van der Waals surface area contributed by atoms with E-state index in [1.165, 1.54) is 18.7 Å². The van der Waals surface area contributed by atoms with Gasteiger partial charge in [-0.15, -0.1) is 0 Å². The minimum atomic E-state index is -0.982. The predicted octanol–water partition coefficient (Wildman–Crippen LogP) is 4.05. The van der Waals surface area contributed by atoms with Crippen molar-refractivity contribution in [2.45, 2.75) is 51.0 Å². The number of H-pyrrole nitrogens is 1. The monoisotopic (exact) mass is 446 g/mol. The summed E-state index contributed by atoms with van der Waals surface area (Å²) >= 11 is 0. The van der Waals surface area contributed by atoms with Gasteiger partial charge >= 0.3 is 0 Å². The van der Waals surface area contributed by atoms with Gasteiger partial charge in [0, 0.05) is 19.3 Å². The third-order valence-electron chi connectivity index (χ3n) is 6.49. The molecule has 0 atom stereocenters. The van der Waals surface area contributed by atoms with Crippen molar-refractivity contribution >= 4 is 17.5 Å². The van der Waals surface area contributed by atoms with Crippen LogP contribution in [0, 0.1) is 23.5 Å². The molecule has 2 amide bonds. The van der Waals surface area contributed by atoms with Crippen LogP contribution in [0.25, 0.3) is 0 Å². The van der Waals surface area contributed by atoms with Gasteiger partial charge in [-0.1, -0.05) is 6.07 Å². The van der Waals surface area contributed by atoms with Crippen molar-refractivity contribution in [1.29, 1.82) is 0 Å². The van der Waals surface area contributed by atoms with E-state index in [-0.39, 0.29) is 17.4 Å². The first-order valence-electron chi connectivity index (χ1n) is 11.2. The second-order valence-corrected chi connectivity index (χ2v) is 8.69. The number of anilines is 1. The number of hydrogen-bond donors (Lipinski definition) is 3. The number of ether oxygens (including phenoxy) is 1. The number of nitrogens with zero attached hydrogens (tertiary/aromatic N) is 1. The number of carbonyl (C=O) groups excluding carboxylic acids is 2. The molecule has 32 heavy (non-hydrogen) atoms. The average molecular weight is 446 g/mol. The highest BCUT2D eigenvalue weighted by Crippen LogP contribution is 2.33. The van der Waals surface area contributed by atoms with E-state index in [1.54, 1.807) is 0 Å². The van der Waals surface area contributed by atoms with Crippen LogP contribution in [-0.4, -0.2) is 41.3 Å². The maximum atomic E-state index is 13.9. The van der Waals surface area contributed by atoms with Gasteiger partial charge in [-0.3, -0.25) is 14.7 Å². The molecule has 0 bridgehead atoms. The van der Waals surface area contributed by atoms with Gasteiger partial charge in [-0.25, -0.2) is 8.78 Å². The van der Waals surface area contributed by atoms with E-state index < -0.39 is 29.0 Å². The summed E-state index contributed by atoms with van der Waals surface area (Å²) in [4.78, 5) is 25.1. The Labute approximate surface area is 185 Å². The van der Waals surface area contributed by atoms with Gasteiger partial charge in [0.25, 0.3) is 11.8 Å². The van der Waals surface area contributed by atoms with E-state index in [0.717, 1.165) is 69.8 Å². The minimum absolute atomic E-state index is 0.0457. The number of aromatic amines is 1. The molecule has 1 aromatic heterocycles. The molecule has 7 nitrogen and oxygen atoms in total. The van der Waals surface area contributed by atoms with Crippen molar-refractivity contribution in [3.63, 3.8) is 0 Å². The third-order valence-corrected chi connectivity index (χ3v) is 6.49. The molecular formula is C23H28F2N4O3. The van der Waals surface area contributed by atoms with Gasteiger partial charge in [-0.05, 0) is 68.9 Å². The molecule has 2 fully saturated rings. The lowest BCUT2D eigenvalue weighted by Gasteiger charge is -2.32. The summed E-state index contributed by atoms with van der Waals surface area (Å²) in [6.45, 7) is 1.73. The zero-order valence-electron chi connectivity index (χ0n) is 17.8. The van der Waals surface area contributed by atoms with E-state index in [1.807, 2.05) is 0 Å². The topological polar surface area (TPSA) is 96.1 Å². The highest BCUT2D eigenvalue weighted by Gasteiger charge is 2.27. The molecule has 0 spiro atoms. The van der Waals surface area contributed by atoms with E-state index in [9.17, 15) is 18.4 Å². The molecule has 4 rings (SSSR count). The van der Waals surface area contributed by atoms with E-state index in [2.05, 4.69) is 20.8 Å². The lowest BCUT2D eigenvalue weighted by atomic mass is 9.79. The van der Waals surface area contributed by atoms with Crippen LogP contribution >= 0.6 is 0 Å². The Balaban J connectivity index is 1.30. The Bertz CT molecular complexity index is 930. The zero-order valence-corrected chi connectivity index (χ0v) is 17.8. The Morgan fingerprint density at radius 1 is 1.00 bits per heavy atom. The van der Waals surface area contributed by atoms with Crippen LogP contribution in [0.15, 0.2) is 24.4 Å². The number of aromatic nitrogens is 2. The van der Waals surface area contributed by atoms with Gasteiger partial charge in [0.1, 0.15) is 22.9 Å². The van der Waals surface area contributed by atoms with Crippen molar-refractivity contribution in [2.24, 2.45) is 11.8 Å². The maximum absolute atomic E-state index is 13.9. The van der Waals surface area contributed by atoms with Crippen molar-refractivity contribution in [3.05, 3.63) is 47.3 Å². The number of carbonyl (C=O) groups is 2. The molecule has 1 saturated carbocycles. The fourth-order valence-electron chi connectivity index (χ4n) is 4.71. The Morgan fingerprint density at radius 3 is 2.34 bits per heavy atom. The molecule has 0 unspecified atom stereocenters. The summed E-state index contributed by atoms with van der Waals surface area (Å²) in [6, 6.07) is 3.22. The Morgan fingerprint density at radius 2 is 1.66 bits per heavy atom. The first-order valence-corrected chi connectivity index (χ1v) is 11.2. The Hall–Kier alpha value is -2.81. The molecule has 1 aliphatic carbocycles. The van der Waals surface area contributed by atoms with Gasteiger partial charge < -0.3 is 15.4 Å². The summed E-state index contributed by atoms with van der Waals surface area (Å²) in [7, 11) is 0. The normalized spacial score (nSPS) is 21.8. The number of halogens is 2. The van der Waals surface area contributed by atoms with Crippen LogP contribution in [0.4, 0.5) is 14.5 Å². The van der Waals surface area contributed by atoms with Crippen molar-refractivity contribution in [3.8, 4) is 0 Å². The number of hydrogen-bond acceptors (Lipinski definition) is 4. The van der Waals surface area contributed by atoms with Crippen molar-refractivity contribution in [1.82, 2.24) is 15.5 Å². The molecule has 172 valence electrons. The number of amides is 2. The van der Waals surface area contributed by atoms with Crippen LogP contribution in [-0.2, 0) is 4.74 Å². The first-order chi connectivity index (χ1) is 15.5. The second-order valence-electron chi connectivity index (χ2n) is 8.69. The molecule has 1 aromatic carbocycles. The smallest absolute Gasteiger partial charge is 0.271 e. The number of nitrogens with one attached hydrogen (secondary N) is 3. The maximum Gasteiger partial charge on any atom is 0.271 e. The summed E-state index contributed by atoms with van der Waals surface area (Å²) in [6.07, 6.45) is 8.70. The second kappa shape index (κ2) is 10.2. The van der Waals surface area contributed by atoms with E-state index in [4.69, 9.17) is 4.74 Å². The molecule has 9 heteroatoms. The SMILES string of the molecule is O=C(NC1CCC(CC2CCOCC2)CC1)c1[nH]ncc1NC(=O)c1c(F)cccc1F. The standard InChI is InChI=1S/C23H28F2N4O3/c24-17-2-1-3-18(25)20(17)22(30)28-19-13-26-29-21(19)23(31)27-16-6-4-14(5-7-16)12-15-8-10-32-11-9-15/h1-3,13-16H,4-12H2,(H,26,29)(H,27,31)(H,28,30). The summed E-state index contributed by atoms with van der Waals surface area (Å²) in [5.41, 5.74) is -0.578. The molecule has 2 aliphatic rings. The summed E-state index contributed by atoms with van der Waals surface area (Å²) in [5, 5.41) is 11.7. The van der Waals surface area contributed by atoms with Crippen LogP contribution in [0.1, 0.15) is 65.8 Å².